The highest BCUT2D eigenvalue weighted by atomic mass is 19.1. The third-order valence-electron chi connectivity index (χ3n) is 2.21. The van der Waals surface area contributed by atoms with Gasteiger partial charge < -0.3 is 0 Å². The molecular weight excluding hydrogens is 203 g/mol. The Labute approximate surface area is 93.5 Å². The molecule has 3 heteroatoms. The highest BCUT2D eigenvalue weighted by molar-refractivity contribution is 5.82. The minimum absolute atomic E-state index is 0.278. The van der Waals surface area contributed by atoms with E-state index >= 15 is 0 Å². The van der Waals surface area contributed by atoms with Crippen molar-refractivity contribution in [3.05, 3.63) is 59.5 Å². The van der Waals surface area contributed by atoms with Crippen molar-refractivity contribution in [1.82, 2.24) is 4.98 Å². The summed E-state index contributed by atoms with van der Waals surface area (Å²) in [5.41, 5.74) is 1.43. The molecule has 0 bridgehead atoms. The highest BCUT2D eigenvalue weighted by Crippen LogP contribution is 2.13. The van der Waals surface area contributed by atoms with Gasteiger partial charge in [-0.25, -0.2) is 14.4 Å². The Morgan fingerprint density at radius 2 is 2.00 bits per heavy atom. The Hall–Kier alpha value is -2.03. The van der Waals surface area contributed by atoms with E-state index in [0.29, 0.717) is 11.4 Å². The molecule has 0 aliphatic rings. The molecule has 1 aromatic carbocycles. The van der Waals surface area contributed by atoms with Crippen LogP contribution in [0, 0.1) is 12.7 Å². The number of rotatable bonds is 2. The second kappa shape index (κ2) is 4.66. The topological polar surface area (TPSA) is 25.2 Å². The molecule has 0 aliphatic heterocycles. The first-order valence-corrected chi connectivity index (χ1v) is 4.97. The van der Waals surface area contributed by atoms with Gasteiger partial charge in [0.25, 0.3) is 0 Å². The molecule has 2 nitrogen and oxygen atoms in total. The lowest BCUT2D eigenvalue weighted by Crippen LogP contribution is -1.87. The molecule has 1 heterocycles. The highest BCUT2D eigenvalue weighted by Gasteiger charge is 1.98. The predicted octanol–water partition coefficient (Wildman–Crippen LogP) is 3.28. The molecule has 2 rings (SSSR count). The van der Waals surface area contributed by atoms with Gasteiger partial charge in [0.1, 0.15) is 5.82 Å². The van der Waals surface area contributed by atoms with Crippen LogP contribution in [-0.2, 0) is 0 Å². The van der Waals surface area contributed by atoms with Crippen molar-refractivity contribution in [2.24, 2.45) is 4.99 Å². The largest absolute Gasteiger partial charge is 0.237 e. The van der Waals surface area contributed by atoms with Crippen LogP contribution in [0.4, 0.5) is 10.2 Å². The van der Waals surface area contributed by atoms with E-state index in [2.05, 4.69) is 9.98 Å². The minimum atomic E-state index is -0.278. The molecule has 0 unspecified atom stereocenters. The van der Waals surface area contributed by atoms with Crippen LogP contribution in [0.25, 0.3) is 0 Å². The molecular formula is C13H11FN2. The van der Waals surface area contributed by atoms with E-state index in [9.17, 15) is 4.39 Å². The molecule has 0 radical (unpaired) electrons. The number of pyridine rings is 1. The number of aryl methyl sites for hydroxylation is 1. The van der Waals surface area contributed by atoms with Crippen molar-refractivity contribution < 1.29 is 4.39 Å². The smallest absolute Gasteiger partial charge is 0.154 e. The van der Waals surface area contributed by atoms with Gasteiger partial charge >= 0.3 is 0 Å². The molecule has 0 atom stereocenters. The van der Waals surface area contributed by atoms with Crippen molar-refractivity contribution in [1.29, 1.82) is 0 Å². The third kappa shape index (κ3) is 2.31. The van der Waals surface area contributed by atoms with Gasteiger partial charge in [-0.1, -0.05) is 24.3 Å². The van der Waals surface area contributed by atoms with E-state index in [4.69, 9.17) is 0 Å². The third-order valence-corrected chi connectivity index (χ3v) is 2.21. The Balaban J connectivity index is 2.29. The fraction of sp³-hybridized carbons (Fsp3) is 0.0769. The van der Waals surface area contributed by atoms with Gasteiger partial charge in [0.15, 0.2) is 5.82 Å². The van der Waals surface area contributed by atoms with Crippen LogP contribution in [0.3, 0.4) is 0 Å². The molecule has 2 aromatic rings. The van der Waals surface area contributed by atoms with Crippen LogP contribution < -0.4 is 0 Å². The molecule has 0 amide bonds. The van der Waals surface area contributed by atoms with E-state index in [-0.39, 0.29) is 5.82 Å². The van der Waals surface area contributed by atoms with Crippen molar-refractivity contribution >= 4 is 12.0 Å². The standard InChI is InChI=1S/C13H11FN2/c1-10-5-4-8-15-13(10)16-9-11-6-2-3-7-12(11)14/h2-9H,1H3/b16-9+. The molecule has 0 saturated heterocycles. The van der Waals surface area contributed by atoms with Crippen LogP contribution in [-0.4, -0.2) is 11.2 Å². The summed E-state index contributed by atoms with van der Waals surface area (Å²) in [4.78, 5) is 8.26. The summed E-state index contributed by atoms with van der Waals surface area (Å²) in [7, 11) is 0. The molecule has 80 valence electrons. The average molecular weight is 214 g/mol. The second-order valence-corrected chi connectivity index (χ2v) is 3.42. The molecule has 0 N–H and O–H groups in total. The lowest BCUT2D eigenvalue weighted by atomic mass is 10.2. The fourth-order valence-electron chi connectivity index (χ4n) is 1.32. The van der Waals surface area contributed by atoms with Gasteiger partial charge in [-0.15, -0.1) is 0 Å². The summed E-state index contributed by atoms with van der Waals surface area (Å²) in [5.74, 6) is 0.339. The van der Waals surface area contributed by atoms with Crippen molar-refractivity contribution in [3.8, 4) is 0 Å². The van der Waals surface area contributed by atoms with E-state index in [1.54, 1.807) is 24.4 Å². The quantitative estimate of drug-likeness (QED) is 0.704. The maximum atomic E-state index is 13.3. The first kappa shape index (κ1) is 10.5. The number of aliphatic imine (C=N–C) groups is 1. The van der Waals surface area contributed by atoms with Crippen LogP contribution in [0.15, 0.2) is 47.6 Å². The van der Waals surface area contributed by atoms with Crippen molar-refractivity contribution in [2.75, 3.05) is 0 Å². The van der Waals surface area contributed by atoms with E-state index in [0.717, 1.165) is 5.56 Å². The molecule has 0 spiro atoms. The van der Waals surface area contributed by atoms with Crippen LogP contribution in [0.1, 0.15) is 11.1 Å². The maximum absolute atomic E-state index is 13.3. The lowest BCUT2D eigenvalue weighted by Gasteiger charge is -1.97. The minimum Gasteiger partial charge on any atom is -0.237 e. The number of halogens is 1. The number of benzene rings is 1. The fourth-order valence-corrected chi connectivity index (χ4v) is 1.32. The van der Waals surface area contributed by atoms with Gasteiger partial charge in [-0.3, -0.25) is 0 Å². The number of aromatic nitrogens is 1. The van der Waals surface area contributed by atoms with Crippen molar-refractivity contribution in [2.45, 2.75) is 6.92 Å². The van der Waals surface area contributed by atoms with Gasteiger partial charge in [-0.2, -0.15) is 0 Å². The average Bonchev–Trinajstić information content (AvgIpc) is 2.30. The molecule has 0 aliphatic carbocycles. The van der Waals surface area contributed by atoms with Gasteiger partial charge in [-0.05, 0) is 24.6 Å². The summed E-state index contributed by atoms with van der Waals surface area (Å²) >= 11 is 0. The summed E-state index contributed by atoms with van der Waals surface area (Å²) in [6.07, 6.45) is 3.16. The molecule has 0 saturated carbocycles. The number of hydrogen-bond donors (Lipinski definition) is 0. The second-order valence-electron chi connectivity index (χ2n) is 3.42. The van der Waals surface area contributed by atoms with Crippen LogP contribution in [0.5, 0.6) is 0 Å². The predicted molar refractivity (Wildman–Crippen MR) is 62.6 cm³/mol. The SMILES string of the molecule is Cc1cccnc1/N=C/c1ccccc1F. The first-order valence-electron chi connectivity index (χ1n) is 4.97. The first-order chi connectivity index (χ1) is 7.77. The van der Waals surface area contributed by atoms with Crippen LogP contribution in [0.2, 0.25) is 0 Å². The van der Waals surface area contributed by atoms with Gasteiger partial charge in [0.2, 0.25) is 0 Å². The molecule has 16 heavy (non-hydrogen) atoms. The van der Waals surface area contributed by atoms with E-state index in [1.165, 1.54) is 12.3 Å². The monoisotopic (exact) mass is 214 g/mol. The molecule has 1 aromatic heterocycles. The zero-order chi connectivity index (χ0) is 11.4. The summed E-state index contributed by atoms with van der Waals surface area (Å²) in [6.45, 7) is 1.92. The Morgan fingerprint density at radius 1 is 1.19 bits per heavy atom. The number of hydrogen-bond acceptors (Lipinski definition) is 2. The Kier molecular flexibility index (Phi) is 3.05. The van der Waals surface area contributed by atoms with Gasteiger partial charge in [0, 0.05) is 18.0 Å². The van der Waals surface area contributed by atoms with E-state index in [1.807, 2.05) is 19.1 Å². The van der Waals surface area contributed by atoms with E-state index < -0.39 is 0 Å². The molecule has 0 fully saturated rings. The Bertz CT molecular complexity index is 473. The maximum Gasteiger partial charge on any atom is 0.154 e. The van der Waals surface area contributed by atoms with Crippen molar-refractivity contribution in [3.63, 3.8) is 0 Å². The number of nitrogens with zero attached hydrogens (tertiary/aromatic N) is 2. The van der Waals surface area contributed by atoms with Gasteiger partial charge in [0.05, 0.1) is 0 Å². The summed E-state index contributed by atoms with van der Waals surface area (Å²) in [5, 5.41) is 0. The summed E-state index contributed by atoms with van der Waals surface area (Å²) in [6, 6.07) is 10.3. The normalized spacial score (nSPS) is 10.9. The zero-order valence-corrected chi connectivity index (χ0v) is 8.89. The summed E-state index contributed by atoms with van der Waals surface area (Å²) < 4.78 is 13.3. The zero-order valence-electron chi connectivity index (χ0n) is 8.89. The Morgan fingerprint density at radius 3 is 2.75 bits per heavy atom. The lowest BCUT2D eigenvalue weighted by molar-refractivity contribution is 0.626. The van der Waals surface area contributed by atoms with Crippen LogP contribution >= 0.6 is 0 Å².